The Labute approximate surface area is 114 Å². The van der Waals surface area contributed by atoms with Crippen molar-refractivity contribution in [3.05, 3.63) is 27.1 Å². The molecule has 0 amide bonds. The average molecular weight is 348 g/mol. The Kier molecular flexibility index (Phi) is 3.93. The molecule has 0 bridgehead atoms. The van der Waals surface area contributed by atoms with Crippen LogP contribution in [-0.2, 0) is 0 Å². The molecule has 0 aromatic heterocycles. The third kappa shape index (κ3) is 2.79. The standard InChI is InChI=1S/C12H16Br2N2/c1-8-5-10(7-16(8)2)15-12-6-9(13)3-4-11(12)14/h3-4,6,8,10,15H,5,7H2,1-2H3. The van der Waals surface area contributed by atoms with Crippen molar-refractivity contribution in [1.82, 2.24) is 4.90 Å². The van der Waals surface area contributed by atoms with Crippen LogP contribution < -0.4 is 5.32 Å². The molecule has 0 saturated carbocycles. The number of nitrogens with zero attached hydrogens (tertiary/aromatic N) is 1. The van der Waals surface area contributed by atoms with Crippen LogP contribution in [0.5, 0.6) is 0 Å². The van der Waals surface area contributed by atoms with Crippen LogP contribution in [0.4, 0.5) is 5.69 Å². The summed E-state index contributed by atoms with van der Waals surface area (Å²) in [6.07, 6.45) is 1.20. The van der Waals surface area contributed by atoms with E-state index in [1.807, 2.05) is 6.07 Å². The van der Waals surface area contributed by atoms with Gasteiger partial charge in [-0.15, -0.1) is 0 Å². The Bertz CT molecular complexity index is 371. The summed E-state index contributed by atoms with van der Waals surface area (Å²) < 4.78 is 2.23. The van der Waals surface area contributed by atoms with Gasteiger partial charge in [0.25, 0.3) is 0 Å². The van der Waals surface area contributed by atoms with E-state index in [2.05, 4.69) is 68.2 Å². The van der Waals surface area contributed by atoms with E-state index >= 15 is 0 Å². The number of anilines is 1. The zero-order valence-corrected chi connectivity index (χ0v) is 12.7. The van der Waals surface area contributed by atoms with Gasteiger partial charge in [0.05, 0.1) is 0 Å². The van der Waals surface area contributed by atoms with E-state index in [4.69, 9.17) is 0 Å². The van der Waals surface area contributed by atoms with Crippen molar-refractivity contribution < 1.29 is 0 Å². The van der Waals surface area contributed by atoms with Gasteiger partial charge >= 0.3 is 0 Å². The molecule has 1 aromatic rings. The van der Waals surface area contributed by atoms with Crippen molar-refractivity contribution in [2.45, 2.75) is 25.4 Å². The van der Waals surface area contributed by atoms with Crippen molar-refractivity contribution in [3.8, 4) is 0 Å². The highest BCUT2D eigenvalue weighted by molar-refractivity contribution is 9.11. The van der Waals surface area contributed by atoms with Gasteiger partial charge in [-0.2, -0.15) is 0 Å². The molecule has 0 spiro atoms. The largest absolute Gasteiger partial charge is 0.380 e. The van der Waals surface area contributed by atoms with Crippen LogP contribution in [0.25, 0.3) is 0 Å². The Balaban J connectivity index is 2.07. The van der Waals surface area contributed by atoms with Crippen LogP contribution in [0.3, 0.4) is 0 Å². The minimum atomic E-state index is 0.547. The summed E-state index contributed by atoms with van der Waals surface area (Å²) in [6.45, 7) is 3.39. The fourth-order valence-corrected chi connectivity index (χ4v) is 2.85. The summed E-state index contributed by atoms with van der Waals surface area (Å²) in [7, 11) is 2.18. The fourth-order valence-electron chi connectivity index (χ4n) is 2.13. The quantitative estimate of drug-likeness (QED) is 0.877. The summed E-state index contributed by atoms with van der Waals surface area (Å²) in [5.74, 6) is 0. The van der Waals surface area contributed by atoms with E-state index in [0.29, 0.717) is 12.1 Å². The maximum absolute atomic E-state index is 3.59. The molecule has 1 heterocycles. The lowest BCUT2D eigenvalue weighted by Gasteiger charge is -2.15. The van der Waals surface area contributed by atoms with Crippen LogP contribution in [0, 0.1) is 0 Å². The first-order valence-corrected chi connectivity index (χ1v) is 7.06. The topological polar surface area (TPSA) is 15.3 Å². The van der Waals surface area contributed by atoms with Gasteiger partial charge < -0.3 is 10.2 Å². The molecule has 2 nitrogen and oxygen atoms in total. The molecule has 1 aliphatic heterocycles. The minimum absolute atomic E-state index is 0.547. The van der Waals surface area contributed by atoms with Crippen LogP contribution in [0.15, 0.2) is 27.1 Å². The monoisotopic (exact) mass is 346 g/mol. The third-order valence-corrected chi connectivity index (χ3v) is 4.36. The van der Waals surface area contributed by atoms with Gasteiger partial charge in [-0.25, -0.2) is 0 Å². The van der Waals surface area contributed by atoms with E-state index in [9.17, 15) is 0 Å². The average Bonchev–Trinajstić information content (AvgIpc) is 2.52. The highest BCUT2D eigenvalue weighted by atomic mass is 79.9. The van der Waals surface area contributed by atoms with Gasteiger partial charge in [0.1, 0.15) is 0 Å². The SMILES string of the molecule is CC1CC(Nc2cc(Br)ccc2Br)CN1C. The maximum atomic E-state index is 3.59. The third-order valence-electron chi connectivity index (χ3n) is 3.17. The molecular weight excluding hydrogens is 332 g/mol. The highest BCUT2D eigenvalue weighted by Gasteiger charge is 2.26. The van der Waals surface area contributed by atoms with E-state index in [-0.39, 0.29) is 0 Å². The van der Waals surface area contributed by atoms with Gasteiger partial charge in [-0.1, -0.05) is 15.9 Å². The summed E-state index contributed by atoms with van der Waals surface area (Å²) >= 11 is 7.07. The molecular formula is C12H16Br2N2. The van der Waals surface area contributed by atoms with E-state index in [1.165, 1.54) is 12.1 Å². The Morgan fingerprint density at radius 1 is 1.38 bits per heavy atom. The normalized spacial score (nSPS) is 26.0. The molecule has 0 radical (unpaired) electrons. The molecule has 2 atom stereocenters. The van der Waals surface area contributed by atoms with Crippen molar-refractivity contribution in [2.75, 3.05) is 18.9 Å². The summed E-state index contributed by atoms with van der Waals surface area (Å²) in [5, 5.41) is 3.59. The van der Waals surface area contributed by atoms with Crippen molar-refractivity contribution in [2.24, 2.45) is 0 Å². The zero-order chi connectivity index (χ0) is 11.7. The first kappa shape index (κ1) is 12.4. The smallest absolute Gasteiger partial charge is 0.0498 e. The van der Waals surface area contributed by atoms with E-state index in [0.717, 1.165) is 15.5 Å². The Morgan fingerprint density at radius 3 is 2.75 bits per heavy atom. The number of benzene rings is 1. The number of rotatable bonds is 2. The first-order chi connectivity index (χ1) is 7.56. The van der Waals surface area contributed by atoms with Gasteiger partial charge in [0.2, 0.25) is 0 Å². The highest BCUT2D eigenvalue weighted by Crippen LogP contribution is 2.28. The second-order valence-corrected chi connectivity index (χ2v) is 6.26. The van der Waals surface area contributed by atoms with E-state index < -0.39 is 0 Å². The maximum Gasteiger partial charge on any atom is 0.0498 e. The second kappa shape index (κ2) is 5.07. The lowest BCUT2D eigenvalue weighted by Crippen LogP contribution is -2.24. The molecule has 1 aliphatic rings. The van der Waals surface area contributed by atoms with Crippen LogP contribution in [-0.4, -0.2) is 30.6 Å². The number of halogens is 2. The molecule has 1 N–H and O–H groups in total. The first-order valence-electron chi connectivity index (χ1n) is 5.48. The molecule has 1 aromatic carbocycles. The Hall–Kier alpha value is -0.0600. The molecule has 88 valence electrons. The molecule has 0 aliphatic carbocycles. The number of hydrogen-bond donors (Lipinski definition) is 1. The van der Waals surface area contributed by atoms with Crippen LogP contribution in [0.1, 0.15) is 13.3 Å². The number of likely N-dealkylation sites (tertiary alicyclic amines) is 1. The summed E-state index contributed by atoms with van der Waals surface area (Å²) in [5.41, 5.74) is 1.17. The van der Waals surface area contributed by atoms with Crippen molar-refractivity contribution in [3.63, 3.8) is 0 Å². The van der Waals surface area contributed by atoms with Crippen LogP contribution in [0.2, 0.25) is 0 Å². The lowest BCUT2D eigenvalue weighted by molar-refractivity contribution is 0.330. The van der Waals surface area contributed by atoms with Crippen molar-refractivity contribution >= 4 is 37.5 Å². The summed E-state index contributed by atoms with van der Waals surface area (Å²) in [4.78, 5) is 2.39. The predicted molar refractivity (Wildman–Crippen MR) is 76.0 cm³/mol. The molecule has 4 heteroatoms. The molecule has 2 unspecified atom stereocenters. The Morgan fingerprint density at radius 2 is 2.12 bits per heavy atom. The van der Waals surface area contributed by atoms with Crippen molar-refractivity contribution in [1.29, 1.82) is 0 Å². The van der Waals surface area contributed by atoms with Gasteiger partial charge in [-0.05, 0) is 54.5 Å². The van der Waals surface area contributed by atoms with Gasteiger partial charge in [0.15, 0.2) is 0 Å². The van der Waals surface area contributed by atoms with E-state index in [1.54, 1.807) is 0 Å². The number of nitrogens with one attached hydrogen (secondary N) is 1. The molecule has 1 saturated heterocycles. The second-order valence-electron chi connectivity index (χ2n) is 4.49. The fraction of sp³-hybridized carbons (Fsp3) is 0.500. The zero-order valence-electron chi connectivity index (χ0n) is 9.50. The number of likely N-dealkylation sites (N-methyl/N-ethyl adjacent to an activating group) is 1. The lowest BCUT2D eigenvalue weighted by atomic mass is 10.2. The summed E-state index contributed by atoms with van der Waals surface area (Å²) in [6, 6.07) is 7.44. The number of hydrogen-bond acceptors (Lipinski definition) is 2. The molecule has 16 heavy (non-hydrogen) atoms. The molecule has 2 rings (SSSR count). The minimum Gasteiger partial charge on any atom is -0.380 e. The molecule has 1 fully saturated rings. The predicted octanol–water partition coefficient (Wildman–Crippen LogP) is 3.72. The van der Waals surface area contributed by atoms with Crippen LogP contribution >= 0.6 is 31.9 Å². The van der Waals surface area contributed by atoms with Gasteiger partial charge in [0, 0.05) is 33.3 Å². The van der Waals surface area contributed by atoms with Gasteiger partial charge in [-0.3, -0.25) is 0 Å².